The molecule has 146 valence electrons. The SMILES string of the molecule is O=C(O)[C@@H]1[C@@H](C(=O)NCCC(c2ccccc2)c2ccccc2)[C@@H]2CC[C@@H]1O2. The lowest BCUT2D eigenvalue weighted by Gasteiger charge is -2.24. The van der Waals surface area contributed by atoms with Crippen molar-refractivity contribution in [1.82, 2.24) is 5.32 Å². The fourth-order valence-corrected chi connectivity index (χ4v) is 4.68. The van der Waals surface area contributed by atoms with E-state index < -0.39 is 17.8 Å². The topological polar surface area (TPSA) is 75.6 Å². The van der Waals surface area contributed by atoms with Crippen molar-refractivity contribution in [2.75, 3.05) is 6.54 Å². The Balaban J connectivity index is 1.42. The Bertz CT molecular complexity index is 784. The van der Waals surface area contributed by atoms with Gasteiger partial charge >= 0.3 is 5.97 Å². The van der Waals surface area contributed by atoms with Crippen LogP contribution in [-0.4, -0.2) is 35.7 Å². The van der Waals surface area contributed by atoms with Crippen molar-refractivity contribution in [3.05, 3.63) is 71.8 Å². The van der Waals surface area contributed by atoms with Gasteiger partial charge in [-0.25, -0.2) is 0 Å². The first kappa shape index (κ1) is 18.7. The molecule has 0 spiro atoms. The lowest BCUT2D eigenvalue weighted by Crippen LogP contribution is -2.44. The van der Waals surface area contributed by atoms with E-state index in [0.29, 0.717) is 6.54 Å². The summed E-state index contributed by atoms with van der Waals surface area (Å²) in [6.45, 7) is 0.494. The van der Waals surface area contributed by atoms with Crippen LogP contribution in [0.15, 0.2) is 60.7 Å². The molecule has 0 aliphatic carbocycles. The van der Waals surface area contributed by atoms with Crippen LogP contribution in [0.4, 0.5) is 0 Å². The van der Waals surface area contributed by atoms with Crippen molar-refractivity contribution in [3.8, 4) is 0 Å². The summed E-state index contributed by atoms with van der Waals surface area (Å²) in [6, 6.07) is 20.5. The van der Waals surface area contributed by atoms with Gasteiger partial charge in [0.2, 0.25) is 5.91 Å². The van der Waals surface area contributed by atoms with E-state index in [2.05, 4.69) is 29.6 Å². The van der Waals surface area contributed by atoms with Gasteiger partial charge in [0.05, 0.1) is 24.0 Å². The quantitative estimate of drug-likeness (QED) is 0.775. The molecule has 0 unspecified atom stereocenters. The predicted molar refractivity (Wildman–Crippen MR) is 105 cm³/mol. The monoisotopic (exact) mass is 379 g/mol. The van der Waals surface area contributed by atoms with Crippen molar-refractivity contribution < 1.29 is 19.4 Å². The van der Waals surface area contributed by atoms with Crippen molar-refractivity contribution in [1.29, 1.82) is 0 Å². The molecule has 2 heterocycles. The third-order valence-electron chi connectivity index (χ3n) is 6.00. The van der Waals surface area contributed by atoms with Crippen LogP contribution in [-0.2, 0) is 14.3 Å². The highest BCUT2D eigenvalue weighted by Crippen LogP contribution is 2.43. The highest BCUT2D eigenvalue weighted by molar-refractivity contribution is 5.86. The molecule has 2 aliphatic heterocycles. The third-order valence-corrected chi connectivity index (χ3v) is 6.00. The van der Waals surface area contributed by atoms with E-state index in [9.17, 15) is 14.7 Å². The summed E-state index contributed by atoms with van der Waals surface area (Å²) in [5.74, 6) is -2.26. The lowest BCUT2D eigenvalue weighted by atomic mass is 9.78. The van der Waals surface area contributed by atoms with Crippen LogP contribution in [0, 0.1) is 11.8 Å². The zero-order valence-corrected chi connectivity index (χ0v) is 15.7. The summed E-state index contributed by atoms with van der Waals surface area (Å²) in [7, 11) is 0. The molecule has 4 rings (SSSR count). The van der Waals surface area contributed by atoms with Crippen molar-refractivity contribution in [2.45, 2.75) is 37.4 Å². The number of benzene rings is 2. The Labute approximate surface area is 164 Å². The molecule has 0 saturated carbocycles. The first-order valence-corrected chi connectivity index (χ1v) is 9.91. The van der Waals surface area contributed by atoms with E-state index in [0.717, 1.165) is 19.3 Å². The molecule has 4 atom stereocenters. The smallest absolute Gasteiger partial charge is 0.310 e. The van der Waals surface area contributed by atoms with Crippen molar-refractivity contribution >= 4 is 11.9 Å². The van der Waals surface area contributed by atoms with E-state index in [4.69, 9.17) is 4.74 Å². The minimum atomic E-state index is -0.932. The number of carbonyl (C=O) groups excluding carboxylic acids is 1. The van der Waals surface area contributed by atoms with E-state index in [-0.39, 0.29) is 24.0 Å². The number of amides is 1. The number of ether oxygens (including phenoxy) is 1. The van der Waals surface area contributed by atoms with Gasteiger partial charge in [0.25, 0.3) is 0 Å². The zero-order valence-electron chi connectivity index (χ0n) is 15.7. The zero-order chi connectivity index (χ0) is 19.5. The second-order valence-corrected chi connectivity index (χ2v) is 7.63. The van der Waals surface area contributed by atoms with Gasteiger partial charge in [0.1, 0.15) is 0 Å². The Morgan fingerprint density at radius 3 is 2.00 bits per heavy atom. The van der Waals surface area contributed by atoms with E-state index in [1.807, 2.05) is 36.4 Å². The van der Waals surface area contributed by atoms with Crippen molar-refractivity contribution in [2.24, 2.45) is 11.8 Å². The van der Waals surface area contributed by atoms with Crippen LogP contribution in [0.3, 0.4) is 0 Å². The highest BCUT2D eigenvalue weighted by Gasteiger charge is 2.55. The standard InChI is InChI=1S/C23H25NO4/c25-22(20-18-11-12-19(28-18)21(20)23(26)27)24-14-13-17(15-7-3-1-4-8-15)16-9-5-2-6-10-16/h1-10,17-21H,11-14H2,(H,24,25)(H,26,27)/t18-,19-,20-,21-/m0/s1. The molecule has 2 aromatic carbocycles. The Kier molecular flexibility index (Phi) is 5.44. The highest BCUT2D eigenvalue weighted by atomic mass is 16.5. The molecule has 2 N–H and O–H groups in total. The van der Waals surface area contributed by atoms with Gasteiger partial charge in [-0.15, -0.1) is 0 Å². The average molecular weight is 379 g/mol. The number of fused-ring (bicyclic) bond motifs is 2. The number of hydrogen-bond donors (Lipinski definition) is 2. The number of nitrogens with one attached hydrogen (secondary N) is 1. The Morgan fingerprint density at radius 2 is 1.46 bits per heavy atom. The van der Waals surface area contributed by atoms with Gasteiger partial charge in [0, 0.05) is 12.5 Å². The Morgan fingerprint density at radius 1 is 0.929 bits per heavy atom. The van der Waals surface area contributed by atoms with E-state index >= 15 is 0 Å². The second kappa shape index (κ2) is 8.15. The fourth-order valence-electron chi connectivity index (χ4n) is 4.68. The molecule has 0 radical (unpaired) electrons. The second-order valence-electron chi connectivity index (χ2n) is 7.63. The number of aliphatic carboxylic acids is 1. The molecule has 2 aliphatic rings. The molecule has 5 nitrogen and oxygen atoms in total. The number of carboxylic acids is 1. The first-order chi connectivity index (χ1) is 13.6. The molecular formula is C23H25NO4. The van der Waals surface area contributed by atoms with Gasteiger partial charge in [-0.3, -0.25) is 9.59 Å². The fraction of sp³-hybridized carbons (Fsp3) is 0.391. The summed E-state index contributed by atoms with van der Waals surface area (Å²) in [5.41, 5.74) is 2.41. The normalized spacial score (nSPS) is 25.8. The first-order valence-electron chi connectivity index (χ1n) is 9.91. The number of rotatable bonds is 7. The van der Waals surface area contributed by atoms with E-state index in [1.54, 1.807) is 0 Å². The molecule has 28 heavy (non-hydrogen) atoms. The molecule has 2 bridgehead atoms. The summed E-state index contributed by atoms with van der Waals surface area (Å²) in [4.78, 5) is 24.3. The molecule has 0 aromatic heterocycles. The molecular weight excluding hydrogens is 354 g/mol. The summed E-state index contributed by atoms with van der Waals surface area (Å²) < 4.78 is 5.70. The molecule has 5 heteroatoms. The van der Waals surface area contributed by atoms with Gasteiger partial charge in [-0.1, -0.05) is 60.7 Å². The summed E-state index contributed by atoms with van der Waals surface area (Å²) in [5, 5.41) is 12.5. The van der Waals surface area contributed by atoms with Crippen LogP contribution < -0.4 is 5.32 Å². The maximum absolute atomic E-state index is 12.8. The van der Waals surface area contributed by atoms with Crippen LogP contribution in [0.25, 0.3) is 0 Å². The third kappa shape index (κ3) is 3.67. The van der Waals surface area contributed by atoms with E-state index in [1.165, 1.54) is 11.1 Å². The maximum atomic E-state index is 12.8. The minimum absolute atomic E-state index is 0.175. The van der Waals surface area contributed by atoms with Crippen LogP contribution in [0.2, 0.25) is 0 Å². The predicted octanol–water partition coefficient (Wildman–Crippen LogP) is 3.20. The number of carbonyl (C=O) groups is 2. The average Bonchev–Trinajstić information content (AvgIpc) is 3.34. The molecule has 2 fully saturated rings. The van der Waals surface area contributed by atoms with Crippen LogP contribution in [0.5, 0.6) is 0 Å². The van der Waals surface area contributed by atoms with Gasteiger partial charge in [-0.05, 0) is 30.4 Å². The van der Waals surface area contributed by atoms with Crippen molar-refractivity contribution in [3.63, 3.8) is 0 Å². The Hall–Kier alpha value is -2.66. The van der Waals surface area contributed by atoms with Gasteiger partial charge in [0.15, 0.2) is 0 Å². The number of carboxylic acid groups (broad SMARTS) is 1. The summed E-state index contributed by atoms with van der Waals surface area (Å²) >= 11 is 0. The molecule has 1 amide bonds. The lowest BCUT2D eigenvalue weighted by molar-refractivity contribution is -0.147. The summed E-state index contributed by atoms with van der Waals surface area (Å²) in [6.07, 6.45) is 1.67. The minimum Gasteiger partial charge on any atom is -0.481 e. The molecule has 2 aromatic rings. The molecule has 2 saturated heterocycles. The maximum Gasteiger partial charge on any atom is 0.310 e. The van der Waals surface area contributed by atoms with Gasteiger partial charge < -0.3 is 15.2 Å². The number of hydrogen-bond acceptors (Lipinski definition) is 3. The van der Waals surface area contributed by atoms with Gasteiger partial charge in [-0.2, -0.15) is 0 Å². The largest absolute Gasteiger partial charge is 0.481 e. The van der Waals surface area contributed by atoms with Crippen LogP contribution >= 0.6 is 0 Å². The van der Waals surface area contributed by atoms with Crippen LogP contribution in [0.1, 0.15) is 36.3 Å².